The van der Waals surface area contributed by atoms with E-state index in [0.29, 0.717) is 25.9 Å². The van der Waals surface area contributed by atoms with Gasteiger partial charge >= 0.3 is 0 Å². The minimum atomic E-state index is -1.81. The fourth-order valence-corrected chi connectivity index (χ4v) is 15.3. The molecule has 10 rings (SSSR count). The van der Waals surface area contributed by atoms with Gasteiger partial charge in [-0.1, -0.05) is 32.4 Å². The molecule has 10 aliphatic rings. The van der Waals surface area contributed by atoms with E-state index < -0.39 is 160 Å². The molecule has 6 heterocycles. The van der Waals surface area contributed by atoms with Crippen LogP contribution in [0.15, 0.2) is 11.6 Å². The van der Waals surface area contributed by atoms with Crippen LogP contribution in [0.25, 0.3) is 0 Å². The SMILES string of the molecule is C[C@@H]1O[C@@H](O[C@H]2[C@H](O[C@@H]3C[C@H](O)CC4=CC[C@H]5[C@@H]6C[C@@H]7O[C@]8(CC[C@@H](CO[C@@H]9O[C@H](CO)[C@@H](O)[C@H](O)[C@H]9O)CO8)[C@@H](C)[C@@H]7[C@@]6(C)CC[C@@H]5[C@]43C)O[C@H](CO)[C@@H](O)[C@@H]2O[C@@H]2OC[C@@H](O)[C@H](O)[C@H]2O)[C@H](O)[C@H](O)[C@H]1O. The summed E-state index contributed by atoms with van der Waals surface area (Å²) in [4.78, 5) is 0. The van der Waals surface area contributed by atoms with Crippen LogP contribution in [0.3, 0.4) is 0 Å². The number of aliphatic hydroxyl groups excluding tert-OH is 13. The molecule has 23 heteroatoms. The van der Waals surface area contributed by atoms with E-state index in [2.05, 4.69) is 26.8 Å². The van der Waals surface area contributed by atoms with E-state index in [-0.39, 0.29) is 60.1 Å². The molecule has 6 aliphatic heterocycles. The zero-order chi connectivity index (χ0) is 52.2. The standard InChI is InChI=1S/C50H80O23/c1-19-32-28(73-50(19)10-7-21(17-66-50)16-64-44-40(62)38(60)35(57)29(14-51)68-44)13-26-24-6-5-22-11-23(53)12-31(49(22,4)25(24)8-9-48(26,32)3)70-47-43(72-46-41(63)37(59)33(55)20(2)67-46)42(36(58)30(15-52)69-47)71-45-39(61)34(56)27(54)18-65-45/h5,19-21,23-47,51-63H,6-18H2,1-4H3/t19-,20-,21-,23+,24+,25-,26-,27+,28-,29+,30+,31+,32-,33-,34-,35+,36+,37+,38-,39+,40+,41+,42-,43+,44+,45-,46-,47-,48-,49-,50+/m0/s1. The van der Waals surface area contributed by atoms with Gasteiger partial charge in [-0.3, -0.25) is 0 Å². The third-order valence-corrected chi connectivity index (χ3v) is 19.6. The number of ether oxygens (including phenoxy) is 10. The van der Waals surface area contributed by atoms with E-state index in [9.17, 15) is 66.4 Å². The van der Waals surface area contributed by atoms with Gasteiger partial charge in [0.1, 0.15) is 85.5 Å². The van der Waals surface area contributed by atoms with Crippen LogP contribution in [0, 0.1) is 46.3 Å². The van der Waals surface area contributed by atoms with Crippen LogP contribution in [0.2, 0.25) is 0 Å². The molecule has 0 aromatic rings. The highest BCUT2D eigenvalue weighted by Crippen LogP contribution is 2.71. The van der Waals surface area contributed by atoms with E-state index in [0.717, 1.165) is 31.3 Å². The van der Waals surface area contributed by atoms with Crippen molar-refractivity contribution in [3.63, 3.8) is 0 Å². The van der Waals surface area contributed by atoms with Crippen molar-refractivity contribution in [3.05, 3.63) is 11.6 Å². The van der Waals surface area contributed by atoms with Crippen LogP contribution < -0.4 is 0 Å². The summed E-state index contributed by atoms with van der Waals surface area (Å²) in [7, 11) is 0. The van der Waals surface area contributed by atoms with Gasteiger partial charge in [0.2, 0.25) is 0 Å². The molecular formula is C50H80O23. The Morgan fingerprint density at radius 1 is 0.644 bits per heavy atom. The van der Waals surface area contributed by atoms with E-state index in [1.807, 2.05) is 0 Å². The first kappa shape index (κ1) is 55.1. The fraction of sp³-hybridized carbons (Fsp3) is 0.960. The number of fused-ring (bicyclic) bond motifs is 7. The maximum absolute atomic E-state index is 11.7. The van der Waals surface area contributed by atoms with Gasteiger partial charge in [-0.2, -0.15) is 0 Å². The van der Waals surface area contributed by atoms with Crippen molar-refractivity contribution in [2.24, 2.45) is 46.3 Å². The van der Waals surface area contributed by atoms with Gasteiger partial charge < -0.3 is 114 Å². The number of hydrogen-bond donors (Lipinski definition) is 13. The Morgan fingerprint density at radius 2 is 1.32 bits per heavy atom. The molecule has 418 valence electrons. The Hall–Kier alpha value is -1.18. The van der Waals surface area contributed by atoms with Gasteiger partial charge in [-0.15, -0.1) is 0 Å². The summed E-state index contributed by atoms with van der Waals surface area (Å²) >= 11 is 0. The lowest BCUT2D eigenvalue weighted by Crippen LogP contribution is -2.67. The van der Waals surface area contributed by atoms with Gasteiger partial charge in [-0.05, 0) is 74.5 Å². The number of aliphatic hydroxyl groups is 13. The summed E-state index contributed by atoms with van der Waals surface area (Å²) in [5.74, 6) is -0.0826. The second kappa shape index (κ2) is 21.1. The normalized spacial score (nSPS) is 57.1. The van der Waals surface area contributed by atoms with Crippen LogP contribution in [0.5, 0.6) is 0 Å². The molecule has 0 unspecified atom stereocenters. The van der Waals surface area contributed by atoms with E-state index in [1.54, 1.807) is 0 Å². The molecule has 6 saturated heterocycles. The van der Waals surface area contributed by atoms with Gasteiger partial charge in [0, 0.05) is 30.1 Å². The summed E-state index contributed by atoms with van der Waals surface area (Å²) in [6.07, 6.45) is -22.9. The second-order valence-electron chi connectivity index (χ2n) is 23.5. The van der Waals surface area contributed by atoms with Gasteiger partial charge in [0.15, 0.2) is 30.9 Å². The number of rotatable bonds is 11. The molecule has 23 nitrogen and oxygen atoms in total. The first-order valence-electron chi connectivity index (χ1n) is 26.5. The van der Waals surface area contributed by atoms with Crippen molar-refractivity contribution in [3.8, 4) is 0 Å². The summed E-state index contributed by atoms with van der Waals surface area (Å²) in [5, 5.41) is 138. The Morgan fingerprint density at radius 3 is 2.03 bits per heavy atom. The Bertz CT molecular complexity index is 1920. The van der Waals surface area contributed by atoms with Gasteiger partial charge in [-0.25, -0.2) is 0 Å². The largest absolute Gasteiger partial charge is 0.394 e. The lowest BCUT2D eigenvalue weighted by molar-refractivity contribution is -0.393. The molecular weight excluding hydrogens is 969 g/mol. The number of hydrogen-bond acceptors (Lipinski definition) is 23. The van der Waals surface area contributed by atoms with Gasteiger partial charge in [0.25, 0.3) is 0 Å². The molecule has 4 aliphatic carbocycles. The maximum atomic E-state index is 11.7. The lowest BCUT2D eigenvalue weighted by atomic mass is 9.46. The monoisotopic (exact) mass is 1050 g/mol. The predicted molar refractivity (Wildman–Crippen MR) is 244 cm³/mol. The average Bonchev–Trinajstić information content (AvgIpc) is 3.82. The molecule has 0 aromatic carbocycles. The molecule has 1 spiro atoms. The maximum Gasteiger partial charge on any atom is 0.187 e. The molecule has 0 bridgehead atoms. The molecule has 0 aromatic heterocycles. The van der Waals surface area contributed by atoms with E-state index in [1.165, 1.54) is 6.92 Å². The first-order chi connectivity index (χ1) is 34.6. The minimum absolute atomic E-state index is 0.0550. The number of allylic oxidation sites excluding steroid dienone is 1. The van der Waals surface area contributed by atoms with Crippen molar-refractivity contribution < 1.29 is 114 Å². The van der Waals surface area contributed by atoms with Crippen LogP contribution in [0.1, 0.15) is 79.1 Å². The van der Waals surface area contributed by atoms with Crippen LogP contribution >= 0.6 is 0 Å². The topological polar surface area (TPSA) is 355 Å². The van der Waals surface area contributed by atoms with Crippen molar-refractivity contribution >= 4 is 0 Å². The third-order valence-electron chi connectivity index (χ3n) is 19.6. The zero-order valence-electron chi connectivity index (χ0n) is 41.8. The third kappa shape index (κ3) is 9.41. The van der Waals surface area contributed by atoms with Crippen LogP contribution in [-0.2, 0) is 47.4 Å². The van der Waals surface area contributed by atoms with Crippen molar-refractivity contribution in [1.29, 1.82) is 0 Å². The molecule has 9 fully saturated rings. The summed E-state index contributed by atoms with van der Waals surface area (Å²) in [6, 6.07) is 0. The van der Waals surface area contributed by atoms with Crippen LogP contribution in [-0.4, -0.2) is 240 Å². The van der Waals surface area contributed by atoms with Crippen LogP contribution in [0.4, 0.5) is 0 Å². The van der Waals surface area contributed by atoms with Crippen molar-refractivity contribution in [2.45, 2.75) is 220 Å². The molecule has 0 amide bonds. The Labute approximate surface area is 423 Å². The average molecular weight is 1050 g/mol. The fourth-order valence-electron chi connectivity index (χ4n) is 15.3. The molecule has 73 heavy (non-hydrogen) atoms. The summed E-state index contributed by atoms with van der Waals surface area (Å²) < 4.78 is 62.5. The first-order valence-corrected chi connectivity index (χ1v) is 26.5. The molecule has 31 atom stereocenters. The Kier molecular flexibility index (Phi) is 16.0. The van der Waals surface area contributed by atoms with Crippen molar-refractivity contribution in [2.75, 3.05) is 33.0 Å². The Balaban J connectivity index is 0.862. The van der Waals surface area contributed by atoms with Gasteiger partial charge in [0.05, 0.1) is 57.5 Å². The highest BCUT2D eigenvalue weighted by molar-refractivity contribution is 5.29. The van der Waals surface area contributed by atoms with Crippen molar-refractivity contribution in [1.82, 2.24) is 0 Å². The quantitative estimate of drug-likeness (QED) is 0.0898. The molecule has 0 radical (unpaired) electrons. The lowest BCUT2D eigenvalue weighted by Gasteiger charge is -2.61. The summed E-state index contributed by atoms with van der Waals surface area (Å²) in [6.45, 7) is 7.04. The zero-order valence-corrected chi connectivity index (χ0v) is 41.8. The highest BCUT2D eigenvalue weighted by Gasteiger charge is 2.70. The van der Waals surface area contributed by atoms with E-state index >= 15 is 0 Å². The summed E-state index contributed by atoms with van der Waals surface area (Å²) in [5.41, 5.74) is 0.243. The molecule has 3 saturated carbocycles. The highest BCUT2D eigenvalue weighted by atomic mass is 16.8. The second-order valence-corrected chi connectivity index (χ2v) is 23.5. The molecule has 13 N–H and O–H groups in total. The van der Waals surface area contributed by atoms with E-state index in [4.69, 9.17) is 47.4 Å². The smallest absolute Gasteiger partial charge is 0.187 e. The predicted octanol–water partition coefficient (Wildman–Crippen LogP) is -3.38. The minimum Gasteiger partial charge on any atom is -0.394 e.